The van der Waals surface area contributed by atoms with Gasteiger partial charge >= 0.3 is 6.09 Å². The van der Waals surface area contributed by atoms with E-state index in [1.165, 1.54) is 4.90 Å². The number of nitrogens with zero attached hydrogens (tertiary/aromatic N) is 1. The highest BCUT2D eigenvalue weighted by atomic mass is 16.4. The number of rotatable bonds is 3. The molecule has 4 heteroatoms. The minimum atomic E-state index is -1.02. The van der Waals surface area contributed by atoms with Gasteiger partial charge in [0, 0.05) is 5.54 Å². The molecule has 0 aromatic heterocycles. The molecule has 0 aliphatic carbocycles. The Hall–Kier alpha value is -1.55. The molecule has 0 spiro atoms. The molecule has 0 radical (unpaired) electrons. The van der Waals surface area contributed by atoms with Gasteiger partial charge in [0.25, 0.3) is 0 Å². The van der Waals surface area contributed by atoms with Crippen LogP contribution in [0.15, 0.2) is 30.3 Å². The van der Waals surface area contributed by atoms with Crippen LogP contribution in [-0.2, 0) is 0 Å². The second kappa shape index (κ2) is 5.40. The van der Waals surface area contributed by atoms with Gasteiger partial charge in [-0.1, -0.05) is 30.3 Å². The van der Waals surface area contributed by atoms with Gasteiger partial charge in [-0.2, -0.15) is 0 Å². The van der Waals surface area contributed by atoms with Crippen LogP contribution in [0.2, 0.25) is 0 Å². The van der Waals surface area contributed by atoms with Crippen molar-refractivity contribution in [2.45, 2.75) is 45.4 Å². The van der Waals surface area contributed by atoms with E-state index in [2.05, 4.69) is 0 Å². The van der Waals surface area contributed by atoms with Gasteiger partial charge in [-0.05, 0) is 33.3 Å². The summed E-state index contributed by atoms with van der Waals surface area (Å²) in [5.74, 6) is 0. The number of aliphatic hydroxyl groups excluding tert-OH is 1. The molecule has 2 N–H and O–H groups in total. The van der Waals surface area contributed by atoms with E-state index in [4.69, 9.17) is 0 Å². The van der Waals surface area contributed by atoms with Crippen molar-refractivity contribution in [3.05, 3.63) is 35.9 Å². The molecule has 0 fully saturated rings. The maximum Gasteiger partial charge on any atom is 0.408 e. The van der Waals surface area contributed by atoms with Gasteiger partial charge in [-0.3, -0.25) is 4.90 Å². The van der Waals surface area contributed by atoms with Crippen molar-refractivity contribution in [3.8, 4) is 0 Å². The Morgan fingerprint density at radius 1 is 1.22 bits per heavy atom. The van der Waals surface area contributed by atoms with Gasteiger partial charge in [-0.25, -0.2) is 4.79 Å². The van der Waals surface area contributed by atoms with Crippen molar-refractivity contribution in [2.24, 2.45) is 0 Å². The number of aliphatic hydroxyl groups is 1. The van der Waals surface area contributed by atoms with Gasteiger partial charge in [0.2, 0.25) is 0 Å². The number of amides is 1. The van der Waals surface area contributed by atoms with Gasteiger partial charge in [-0.15, -0.1) is 0 Å². The van der Waals surface area contributed by atoms with Crippen molar-refractivity contribution >= 4 is 6.09 Å². The van der Waals surface area contributed by atoms with Crippen molar-refractivity contribution in [1.82, 2.24) is 4.90 Å². The van der Waals surface area contributed by atoms with Crippen LogP contribution in [0.3, 0.4) is 0 Å². The van der Waals surface area contributed by atoms with Crippen LogP contribution in [0.5, 0.6) is 0 Å². The minimum Gasteiger partial charge on any atom is -0.465 e. The van der Waals surface area contributed by atoms with E-state index in [9.17, 15) is 15.0 Å². The highest BCUT2D eigenvalue weighted by molar-refractivity contribution is 5.66. The lowest BCUT2D eigenvalue weighted by atomic mass is 9.97. The van der Waals surface area contributed by atoms with Crippen molar-refractivity contribution in [2.75, 3.05) is 0 Å². The first-order valence-electron chi connectivity index (χ1n) is 6.00. The summed E-state index contributed by atoms with van der Waals surface area (Å²) in [7, 11) is 0. The number of benzene rings is 1. The predicted molar refractivity (Wildman–Crippen MR) is 70.5 cm³/mol. The summed E-state index contributed by atoms with van der Waals surface area (Å²) in [6.45, 7) is 7.16. The number of hydrogen-bond donors (Lipinski definition) is 2. The molecule has 18 heavy (non-hydrogen) atoms. The maximum atomic E-state index is 11.3. The highest BCUT2D eigenvalue weighted by Crippen LogP contribution is 2.26. The molecule has 0 aliphatic rings. The Kier molecular flexibility index (Phi) is 4.35. The molecule has 100 valence electrons. The predicted octanol–water partition coefficient (Wildman–Crippen LogP) is 2.89. The summed E-state index contributed by atoms with van der Waals surface area (Å²) in [6, 6.07) is 8.60. The first-order chi connectivity index (χ1) is 8.25. The fourth-order valence-corrected chi connectivity index (χ4v) is 2.14. The van der Waals surface area contributed by atoms with Crippen LogP contribution in [0.1, 0.15) is 39.4 Å². The third-order valence-corrected chi connectivity index (χ3v) is 2.93. The smallest absolute Gasteiger partial charge is 0.408 e. The van der Waals surface area contributed by atoms with Crippen LogP contribution >= 0.6 is 0 Å². The van der Waals surface area contributed by atoms with Gasteiger partial charge < -0.3 is 10.2 Å². The zero-order valence-corrected chi connectivity index (χ0v) is 11.3. The van der Waals surface area contributed by atoms with Crippen LogP contribution in [0.4, 0.5) is 4.79 Å². The summed E-state index contributed by atoms with van der Waals surface area (Å²) in [6.07, 6.45) is -1.86. The molecule has 0 saturated carbocycles. The van der Waals surface area contributed by atoms with E-state index >= 15 is 0 Å². The van der Waals surface area contributed by atoms with Gasteiger partial charge in [0.15, 0.2) is 0 Å². The average Bonchev–Trinajstić information content (AvgIpc) is 2.26. The minimum absolute atomic E-state index is 0.509. The first-order valence-corrected chi connectivity index (χ1v) is 6.00. The summed E-state index contributed by atoms with van der Waals surface area (Å²) >= 11 is 0. The number of carbonyl (C=O) groups is 1. The van der Waals surface area contributed by atoms with Crippen molar-refractivity contribution in [1.29, 1.82) is 0 Å². The highest BCUT2D eigenvalue weighted by Gasteiger charge is 2.34. The summed E-state index contributed by atoms with van der Waals surface area (Å²) in [5, 5.41) is 19.6. The number of hydrogen-bond acceptors (Lipinski definition) is 2. The molecule has 4 nitrogen and oxygen atoms in total. The van der Waals surface area contributed by atoms with Gasteiger partial charge in [0.1, 0.15) is 0 Å². The summed E-state index contributed by atoms with van der Waals surface area (Å²) in [5.41, 5.74) is 0.168. The second-order valence-corrected chi connectivity index (χ2v) is 5.42. The molecule has 0 bridgehead atoms. The second-order valence-electron chi connectivity index (χ2n) is 5.42. The molecule has 1 aromatic rings. The molecule has 1 amide bonds. The number of carboxylic acid groups (broad SMARTS) is 1. The molecule has 0 heterocycles. The topological polar surface area (TPSA) is 60.8 Å². The largest absolute Gasteiger partial charge is 0.465 e. The molecular formula is C14H21NO3. The van der Waals surface area contributed by atoms with E-state index < -0.39 is 23.8 Å². The van der Waals surface area contributed by atoms with E-state index in [1.54, 1.807) is 19.1 Å². The van der Waals surface area contributed by atoms with Crippen LogP contribution < -0.4 is 0 Å². The Labute approximate surface area is 108 Å². The maximum absolute atomic E-state index is 11.3. The Bertz CT molecular complexity index is 397. The Morgan fingerprint density at radius 3 is 2.11 bits per heavy atom. The third-order valence-electron chi connectivity index (χ3n) is 2.93. The lowest BCUT2D eigenvalue weighted by molar-refractivity contribution is 0.0141. The van der Waals surface area contributed by atoms with E-state index in [0.717, 1.165) is 5.56 Å². The Morgan fingerprint density at radius 2 is 1.72 bits per heavy atom. The monoisotopic (exact) mass is 251 g/mol. The average molecular weight is 251 g/mol. The zero-order valence-electron chi connectivity index (χ0n) is 11.3. The molecule has 1 rings (SSSR count). The van der Waals surface area contributed by atoms with Crippen molar-refractivity contribution < 1.29 is 15.0 Å². The molecular weight excluding hydrogens is 230 g/mol. The first kappa shape index (κ1) is 14.5. The lowest BCUT2D eigenvalue weighted by Crippen LogP contribution is -2.52. The molecule has 0 aliphatic heterocycles. The molecule has 0 saturated heterocycles. The summed E-state index contributed by atoms with van der Waals surface area (Å²) in [4.78, 5) is 12.6. The molecule has 0 unspecified atom stereocenters. The van der Waals surface area contributed by atoms with E-state index in [0.29, 0.717) is 0 Å². The summed E-state index contributed by atoms with van der Waals surface area (Å²) < 4.78 is 0. The van der Waals surface area contributed by atoms with Crippen LogP contribution in [-0.4, -0.2) is 32.8 Å². The lowest BCUT2D eigenvalue weighted by Gasteiger charge is -2.40. The van der Waals surface area contributed by atoms with E-state index in [-0.39, 0.29) is 0 Å². The normalized spacial score (nSPS) is 14.9. The van der Waals surface area contributed by atoms with Crippen molar-refractivity contribution in [3.63, 3.8) is 0 Å². The third kappa shape index (κ3) is 3.23. The molecule has 1 aromatic carbocycles. The van der Waals surface area contributed by atoms with Crippen LogP contribution in [0, 0.1) is 0 Å². The zero-order chi connectivity index (χ0) is 13.9. The van der Waals surface area contributed by atoms with E-state index in [1.807, 2.05) is 39.0 Å². The van der Waals surface area contributed by atoms with Crippen LogP contribution in [0.25, 0.3) is 0 Å². The SMILES string of the molecule is C[C@@H]([C@@H](O)c1ccccc1)N(C(=O)O)C(C)(C)C. The van der Waals surface area contributed by atoms with Gasteiger partial charge in [0.05, 0.1) is 12.1 Å². The molecule has 2 atom stereocenters. The quantitative estimate of drug-likeness (QED) is 0.868. The fraction of sp³-hybridized carbons (Fsp3) is 0.500. The Balaban J connectivity index is 2.98. The fourth-order valence-electron chi connectivity index (χ4n) is 2.14. The standard InChI is InChI=1S/C14H21NO3/c1-10(15(13(17)18)14(2,3)4)12(16)11-8-6-5-7-9-11/h5-10,12,16H,1-4H3,(H,17,18)/t10-,12+/m0/s1.